The highest BCUT2D eigenvalue weighted by molar-refractivity contribution is 7.90. The number of rotatable bonds is 5. The summed E-state index contributed by atoms with van der Waals surface area (Å²) in [7, 11) is -3.95. The van der Waals surface area contributed by atoms with Crippen molar-refractivity contribution in [2.45, 2.75) is 17.3 Å². The topological polar surface area (TPSA) is 89.6 Å². The maximum atomic E-state index is 12.9. The van der Waals surface area contributed by atoms with Crippen molar-refractivity contribution in [3.63, 3.8) is 0 Å². The van der Waals surface area contributed by atoms with Crippen molar-refractivity contribution in [1.29, 1.82) is 0 Å². The van der Waals surface area contributed by atoms with Crippen LogP contribution >= 0.6 is 0 Å². The molecule has 136 valence electrons. The molecule has 7 heteroatoms. The first-order valence-electron chi connectivity index (χ1n) is 7.89. The summed E-state index contributed by atoms with van der Waals surface area (Å²) in [4.78, 5) is 0. The van der Waals surface area contributed by atoms with E-state index in [-0.39, 0.29) is 12.2 Å². The van der Waals surface area contributed by atoms with Crippen LogP contribution in [0.5, 0.6) is 11.5 Å². The lowest BCUT2D eigenvalue weighted by atomic mass is 9.88. The predicted octanol–water partition coefficient (Wildman–Crippen LogP) is 2.67. The lowest BCUT2D eigenvalue weighted by Crippen LogP contribution is -2.49. The van der Waals surface area contributed by atoms with Gasteiger partial charge in [0.15, 0.2) is 0 Å². The van der Waals surface area contributed by atoms with Crippen LogP contribution in [0.15, 0.2) is 72.8 Å². The Morgan fingerprint density at radius 1 is 1.04 bits per heavy atom. The molecule has 0 bridgehead atoms. The monoisotopic (exact) mass is 375 g/mol. The Balaban J connectivity index is 1.75. The number of aliphatic hydroxyl groups is 1. The van der Waals surface area contributed by atoms with Gasteiger partial charge in [0, 0.05) is 6.42 Å². The largest absolute Gasteiger partial charge is 0.457 e. The molecule has 2 unspecified atom stereocenters. The lowest BCUT2D eigenvalue weighted by Gasteiger charge is -2.32. The van der Waals surface area contributed by atoms with Gasteiger partial charge in [-0.3, -0.25) is 0 Å². The van der Waals surface area contributed by atoms with Crippen LogP contribution in [-0.2, 0) is 16.4 Å². The molecule has 2 atom stereocenters. The Hall–Kier alpha value is -2.48. The van der Waals surface area contributed by atoms with E-state index in [1.165, 1.54) is 36.4 Å². The summed E-state index contributed by atoms with van der Waals surface area (Å²) in [6.45, 7) is 0. The van der Waals surface area contributed by atoms with Crippen molar-refractivity contribution >= 4 is 10.0 Å². The summed E-state index contributed by atoms with van der Waals surface area (Å²) in [5.41, 5.74) is -0.908. The van der Waals surface area contributed by atoms with E-state index < -0.39 is 20.9 Å². The van der Waals surface area contributed by atoms with Gasteiger partial charge in [0.25, 0.3) is 0 Å². The molecule has 1 aliphatic rings. The smallest absolute Gasteiger partial charge is 0.218 e. The molecule has 0 amide bonds. The highest BCUT2D eigenvalue weighted by atomic mass is 32.2. The van der Waals surface area contributed by atoms with Crippen LogP contribution in [0.1, 0.15) is 5.56 Å². The number of hydrogen-bond acceptors (Lipinski definition) is 4. The number of primary sulfonamides is 1. The number of allylic oxidation sites excluding steroid dienone is 2. The maximum Gasteiger partial charge on any atom is 0.218 e. The molecule has 2 aromatic rings. The van der Waals surface area contributed by atoms with E-state index in [0.717, 1.165) is 0 Å². The normalized spacial score (nSPS) is 22.3. The molecule has 0 aliphatic heterocycles. The molecular formula is C19H18FNO4S. The van der Waals surface area contributed by atoms with E-state index in [2.05, 4.69) is 0 Å². The minimum absolute atomic E-state index is 0.0752. The quantitative estimate of drug-likeness (QED) is 0.841. The third kappa shape index (κ3) is 4.19. The molecule has 1 aliphatic carbocycles. The standard InChI is InChI=1S/C19H18FNO4S/c20-15-6-10-17(11-7-15)25-16-8-4-14(5-9-16)13-19(22)12-2-1-3-18(19)26(21,23)24/h1-12,18,22H,13H2,(H2,21,23,24). The van der Waals surface area contributed by atoms with Crippen LogP contribution in [0.3, 0.4) is 0 Å². The molecule has 0 spiro atoms. The molecule has 26 heavy (non-hydrogen) atoms. The van der Waals surface area contributed by atoms with E-state index >= 15 is 0 Å². The highest BCUT2D eigenvalue weighted by Gasteiger charge is 2.41. The second-order valence-electron chi connectivity index (χ2n) is 6.12. The van der Waals surface area contributed by atoms with Gasteiger partial charge >= 0.3 is 0 Å². The van der Waals surface area contributed by atoms with E-state index in [1.54, 1.807) is 36.4 Å². The SMILES string of the molecule is NS(=O)(=O)C1C=CC=CC1(O)Cc1ccc(Oc2ccc(F)cc2)cc1. The summed E-state index contributed by atoms with van der Waals surface area (Å²) in [5.74, 6) is 0.682. The molecule has 0 radical (unpaired) electrons. The van der Waals surface area contributed by atoms with E-state index in [0.29, 0.717) is 17.1 Å². The Morgan fingerprint density at radius 2 is 1.62 bits per heavy atom. The number of sulfonamides is 1. The average Bonchev–Trinajstić information content (AvgIpc) is 2.58. The van der Waals surface area contributed by atoms with Crippen LogP contribution in [0.2, 0.25) is 0 Å². The Kier molecular flexibility index (Phi) is 4.95. The fraction of sp³-hybridized carbons (Fsp3) is 0.158. The summed E-state index contributed by atoms with van der Waals surface area (Å²) < 4.78 is 42.0. The molecular weight excluding hydrogens is 357 g/mol. The summed E-state index contributed by atoms with van der Waals surface area (Å²) in [5, 5.41) is 14.8. The van der Waals surface area contributed by atoms with Gasteiger partial charge in [-0.25, -0.2) is 17.9 Å². The second kappa shape index (κ2) is 7.03. The number of hydrogen-bond donors (Lipinski definition) is 2. The molecule has 0 heterocycles. The van der Waals surface area contributed by atoms with Gasteiger partial charge in [0.05, 0.1) is 0 Å². The van der Waals surface area contributed by atoms with Gasteiger partial charge < -0.3 is 9.84 Å². The zero-order valence-electron chi connectivity index (χ0n) is 13.7. The molecule has 5 nitrogen and oxygen atoms in total. The minimum Gasteiger partial charge on any atom is -0.457 e. The highest BCUT2D eigenvalue weighted by Crippen LogP contribution is 2.29. The summed E-state index contributed by atoms with van der Waals surface area (Å²) in [6, 6.07) is 12.5. The minimum atomic E-state index is -3.95. The van der Waals surface area contributed by atoms with Gasteiger partial charge in [-0.2, -0.15) is 0 Å². The molecule has 2 aromatic carbocycles. The van der Waals surface area contributed by atoms with Crippen LogP contribution in [-0.4, -0.2) is 24.4 Å². The molecule has 3 N–H and O–H groups in total. The van der Waals surface area contributed by atoms with Gasteiger partial charge in [-0.05, 0) is 42.0 Å². The Morgan fingerprint density at radius 3 is 2.19 bits per heavy atom. The number of benzene rings is 2. The van der Waals surface area contributed by atoms with Gasteiger partial charge in [0.2, 0.25) is 10.0 Å². The maximum absolute atomic E-state index is 12.9. The fourth-order valence-corrected chi connectivity index (χ4v) is 3.88. The Labute approximate surface area is 151 Å². The van der Waals surface area contributed by atoms with E-state index in [4.69, 9.17) is 9.88 Å². The van der Waals surface area contributed by atoms with Crippen molar-refractivity contribution in [3.05, 3.63) is 84.2 Å². The van der Waals surface area contributed by atoms with Crippen LogP contribution in [0.4, 0.5) is 4.39 Å². The summed E-state index contributed by atoms with van der Waals surface area (Å²) >= 11 is 0. The zero-order chi connectivity index (χ0) is 18.8. The summed E-state index contributed by atoms with van der Waals surface area (Å²) in [6.07, 6.45) is 6.02. The number of ether oxygens (including phenoxy) is 1. The van der Waals surface area contributed by atoms with Crippen LogP contribution in [0, 0.1) is 5.82 Å². The first-order chi connectivity index (χ1) is 12.3. The number of halogens is 1. The zero-order valence-corrected chi connectivity index (χ0v) is 14.6. The van der Waals surface area contributed by atoms with Crippen LogP contribution < -0.4 is 9.88 Å². The van der Waals surface area contributed by atoms with Crippen molar-refractivity contribution in [2.24, 2.45) is 5.14 Å². The molecule has 0 fully saturated rings. The van der Waals surface area contributed by atoms with Gasteiger partial charge in [-0.1, -0.05) is 36.4 Å². The first kappa shape index (κ1) is 18.3. The van der Waals surface area contributed by atoms with E-state index in [9.17, 15) is 17.9 Å². The van der Waals surface area contributed by atoms with Gasteiger partial charge in [-0.15, -0.1) is 0 Å². The third-order valence-corrected chi connectivity index (χ3v) is 5.36. The van der Waals surface area contributed by atoms with E-state index in [1.807, 2.05) is 0 Å². The van der Waals surface area contributed by atoms with Crippen molar-refractivity contribution in [3.8, 4) is 11.5 Å². The van der Waals surface area contributed by atoms with Crippen molar-refractivity contribution < 1.29 is 22.7 Å². The molecule has 0 saturated carbocycles. The lowest BCUT2D eigenvalue weighted by molar-refractivity contribution is 0.0962. The molecule has 0 aromatic heterocycles. The predicted molar refractivity (Wildman–Crippen MR) is 96.7 cm³/mol. The first-order valence-corrected chi connectivity index (χ1v) is 9.50. The van der Waals surface area contributed by atoms with Crippen LogP contribution in [0.25, 0.3) is 0 Å². The van der Waals surface area contributed by atoms with Crippen molar-refractivity contribution in [1.82, 2.24) is 0 Å². The molecule has 0 saturated heterocycles. The van der Waals surface area contributed by atoms with Crippen molar-refractivity contribution in [2.75, 3.05) is 0 Å². The second-order valence-corrected chi connectivity index (χ2v) is 7.81. The fourth-order valence-electron chi connectivity index (χ4n) is 2.84. The Bertz CT molecular complexity index is 937. The molecule has 3 rings (SSSR count). The number of nitrogens with two attached hydrogens (primary N) is 1. The average molecular weight is 375 g/mol. The third-order valence-electron chi connectivity index (χ3n) is 4.09. The van der Waals surface area contributed by atoms with Gasteiger partial charge in [0.1, 0.15) is 28.2 Å².